The van der Waals surface area contributed by atoms with Crippen molar-refractivity contribution in [1.82, 2.24) is 4.90 Å². The molecule has 3 fully saturated rings. The Balaban J connectivity index is 1.30. The molecule has 46 heavy (non-hydrogen) atoms. The van der Waals surface area contributed by atoms with Crippen LogP contribution in [0.3, 0.4) is 0 Å². The highest BCUT2D eigenvalue weighted by Gasteiger charge is 2.47. The van der Waals surface area contributed by atoms with Crippen LogP contribution in [-0.2, 0) is 23.8 Å². The first kappa shape index (κ1) is 34.3. The van der Waals surface area contributed by atoms with Crippen molar-refractivity contribution in [2.24, 2.45) is 29.4 Å². The van der Waals surface area contributed by atoms with Gasteiger partial charge in [-0.3, -0.25) is 14.0 Å². The Morgan fingerprint density at radius 2 is 1.78 bits per heavy atom. The molecule has 4 atom stereocenters. The zero-order chi connectivity index (χ0) is 32.8. The molecule has 2 aromatic rings. The lowest BCUT2D eigenvalue weighted by atomic mass is 9.75. The molecule has 10 nitrogen and oxygen atoms in total. The maximum Gasteiger partial charge on any atom is 0.374 e. The first-order valence-corrected chi connectivity index (χ1v) is 16.9. The second kappa shape index (κ2) is 15.7. The summed E-state index contributed by atoms with van der Waals surface area (Å²) >= 11 is 0. The van der Waals surface area contributed by atoms with E-state index in [1.807, 2.05) is 4.90 Å². The van der Waals surface area contributed by atoms with Crippen LogP contribution in [-0.4, -0.2) is 81.0 Å². The van der Waals surface area contributed by atoms with Crippen LogP contribution >= 0.6 is 0 Å². The number of carbonyl (C=O) groups is 3. The number of fused-ring (bicyclic) bond motifs is 1. The van der Waals surface area contributed by atoms with Crippen molar-refractivity contribution in [3.05, 3.63) is 30.0 Å². The topological polar surface area (TPSA) is 133 Å². The molecule has 0 radical (unpaired) electrons. The van der Waals surface area contributed by atoms with Gasteiger partial charge in [-0.2, -0.15) is 0 Å². The second-order valence-electron chi connectivity index (χ2n) is 13.5. The van der Waals surface area contributed by atoms with Gasteiger partial charge in [-0.05, 0) is 113 Å². The fraction of sp³-hybridized carbons (Fsp3) is 0.686. The summed E-state index contributed by atoms with van der Waals surface area (Å²) in [6.45, 7) is 2.04. The molecule has 0 unspecified atom stereocenters. The van der Waals surface area contributed by atoms with Gasteiger partial charge < -0.3 is 34.6 Å². The Kier molecular flexibility index (Phi) is 11.7. The fourth-order valence-electron chi connectivity index (χ4n) is 7.81. The number of alkyl halides is 1. The number of carbonyl (C=O) groups excluding carboxylic acids is 3. The number of amides is 2. The van der Waals surface area contributed by atoms with E-state index in [2.05, 4.69) is 5.32 Å². The van der Waals surface area contributed by atoms with E-state index >= 15 is 0 Å². The molecular weight excluding hydrogens is 593 g/mol. The maximum atomic E-state index is 14.1. The van der Waals surface area contributed by atoms with Crippen LogP contribution in [0, 0.1) is 23.7 Å². The monoisotopic (exact) mass is 643 g/mol. The van der Waals surface area contributed by atoms with Crippen molar-refractivity contribution < 1.29 is 37.4 Å². The number of nitrogens with two attached hydrogens (primary N) is 1. The number of ether oxygens (including phenoxy) is 3. The van der Waals surface area contributed by atoms with Crippen LogP contribution < -0.4 is 11.1 Å². The molecule has 0 bridgehead atoms. The van der Waals surface area contributed by atoms with Crippen molar-refractivity contribution in [3.63, 3.8) is 0 Å². The number of esters is 1. The predicted octanol–water partition coefficient (Wildman–Crippen LogP) is 5.48. The summed E-state index contributed by atoms with van der Waals surface area (Å²) < 4.78 is 34.6. The first-order chi connectivity index (χ1) is 22.2. The summed E-state index contributed by atoms with van der Waals surface area (Å²) in [5, 5.41) is 3.74. The van der Waals surface area contributed by atoms with Crippen LogP contribution in [0.5, 0.6) is 0 Å². The Labute approximate surface area is 270 Å². The van der Waals surface area contributed by atoms with Gasteiger partial charge in [-0.1, -0.05) is 0 Å². The average Bonchev–Trinajstić information content (AvgIpc) is 3.72. The zero-order valence-electron chi connectivity index (χ0n) is 27.4. The molecule has 3 aliphatic rings. The van der Waals surface area contributed by atoms with Gasteiger partial charge in [0.05, 0.1) is 18.9 Å². The summed E-state index contributed by atoms with van der Waals surface area (Å²) in [4.78, 5) is 42.5. The van der Waals surface area contributed by atoms with E-state index in [1.165, 1.54) is 0 Å². The normalized spacial score (nSPS) is 28.2. The molecule has 0 spiro atoms. The molecule has 1 aromatic carbocycles. The van der Waals surface area contributed by atoms with E-state index < -0.39 is 18.7 Å². The summed E-state index contributed by atoms with van der Waals surface area (Å²) in [6, 6.07) is 6.08. The SMILES string of the molecule is COC1CCC([C@@H]2CCN(C(=O)[C@H]3CC[C@H]([C@H](N)CCF)CC3)[C@@H]2C(=O)Nc2ccc3oc(C(=O)OC[C@H](C)OC)cc3c2)CC1. The minimum absolute atomic E-state index is 0.0435. The Morgan fingerprint density at radius 1 is 1.04 bits per heavy atom. The number of furan rings is 1. The van der Waals surface area contributed by atoms with Crippen LogP contribution in [0.4, 0.5) is 10.1 Å². The summed E-state index contributed by atoms with van der Waals surface area (Å²) in [5.74, 6) is -0.197. The lowest BCUT2D eigenvalue weighted by Gasteiger charge is -2.37. The van der Waals surface area contributed by atoms with Gasteiger partial charge in [0.1, 0.15) is 18.2 Å². The molecule has 2 saturated carbocycles. The predicted molar refractivity (Wildman–Crippen MR) is 172 cm³/mol. The molecule has 1 aliphatic heterocycles. The van der Waals surface area contributed by atoms with E-state index in [9.17, 15) is 18.8 Å². The molecule has 2 aliphatic carbocycles. The maximum absolute atomic E-state index is 14.1. The van der Waals surface area contributed by atoms with Crippen LogP contribution in [0.2, 0.25) is 0 Å². The van der Waals surface area contributed by atoms with E-state index in [4.69, 9.17) is 24.4 Å². The molecule has 11 heteroatoms. The van der Waals surface area contributed by atoms with Crippen LogP contribution in [0.25, 0.3) is 11.0 Å². The minimum Gasteiger partial charge on any atom is -0.457 e. The summed E-state index contributed by atoms with van der Waals surface area (Å²) in [6.07, 6.45) is 8.03. The van der Waals surface area contributed by atoms with Gasteiger partial charge in [-0.25, -0.2) is 4.79 Å². The van der Waals surface area contributed by atoms with Gasteiger partial charge in [0.2, 0.25) is 17.6 Å². The Bertz CT molecular complexity index is 1330. The van der Waals surface area contributed by atoms with Gasteiger partial charge in [0, 0.05) is 43.8 Å². The molecule has 1 aromatic heterocycles. The number of nitrogens with one attached hydrogen (secondary N) is 1. The van der Waals surface area contributed by atoms with Crippen LogP contribution in [0.1, 0.15) is 81.7 Å². The van der Waals surface area contributed by atoms with Gasteiger partial charge >= 0.3 is 5.97 Å². The van der Waals surface area contributed by atoms with Crippen molar-refractivity contribution in [1.29, 1.82) is 0 Å². The highest BCUT2D eigenvalue weighted by atomic mass is 19.1. The van der Waals surface area contributed by atoms with Crippen molar-refractivity contribution in [2.75, 3.05) is 39.4 Å². The highest BCUT2D eigenvalue weighted by molar-refractivity contribution is 6.00. The van der Waals surface area contributed by atoms with Crippen molar-refractivity contribution in [2.45, 2.75) is 95.4 Å². The third kappa shape index (κ3) is 7.91. The number of hydrogen-bond donors (Lipinski definition) is 2. The molecule has 3 N–H and O–H groups in total. The number of benzene rings is 1. The third-order valence-electron chi connectivity index (χ3n) is 10.7. The van der Waals surface area contributed by atoms with Gasteiger partial charge in [0.25, 0.3) is 0 Å². The molecule has 1 saturated heterocycles. The van der Waals surface area contributed by atoms with Gasteiger partial charge in [-0.15, -0.1) is 0 Å². The fourth-order valence-corrected chi connectivity index (χ4v) is 7.81. The molecule has 254 valence electrons. The lowest BCUT2D eigenvalue weighted by molar-refractivity contribution is -0.142. The minimum atomic E-state index is -0.588. The Hall–Kier alpha value is -3.02. The molecule has 5 rings (SSSR count). The van der Waals surface area contributed by atoms with Crippen molar-refractivity contribution in [3.8, 4) is 0 Å². The molecule has 2 amide bonds. The quantitative estimate of drug-likeness (QED) is 0.291. The number of hydrogen-bond acceptors (Lipinski definition) is 8. The largest absolute Gasteiger partial charge is 0.457 e. The number of likely N-dealkylation sites (tertiary alicyclic amines) is 1. The Morgan fingerprint density at radius 3 is 2.46 bits per heavy atom. The number of methoxy groups -OCH3 is 2. The zero-order valence-corrected chi connectivity index (χ0v) is 27.4. The number of anilines is 1. The van der Waals surface area contributed by atoms with E-state index in [0.717, 1.165) is 44.9 Å². The number of rotatable bonds is 12. The molecule has 2 heterocycles. The molecular formula is C35H50FN3O7. The second-order valence-corrected chi connectivity index (χ2v) is 13.5. The van der Waals surface area contributed by atoms with E-state index in [1.54, 1.807) is 45.4 Å². The average molecular weight is 644 g/mol. The van der Waals surface area contributed by atoms with Crippen molar-refractivity contribution >= 4 is 34.4 Å². The van der Waals surface area contributed by atoms with E-state index in [0.29, 0.717) is 48.4 Å². The summed E-state index contributed by atoms with van der Waals surface area (Å²) in [7, 11) is 3.30. The number of nitrogens with zero attached hydrogens (tertiary/aromatic N) is 1. The smallest absolute Gasteiger partial charge is 0.374 e. The number of halogens is 1. The summed E-state index contributed by atoms with van der Waals surface area (Å²) in [5.41, 5.74) is 7.27. The van der Waals surface area contributed by atoms with E-state index in [-0.39, 0.29) is 60.2 Å². The lowest BCUT2D eigenvalue weighted by Crippen LogP contribution is -2.50. The van der Waals surface area contributed by atoms with Gasteiger partial charge in [0.15, 0.2) is 0 Å². The highest BCUT2D eigenvalue weighted by Crippen LogP contribution is 2.42. The third-order valence-corrected chi connectivity index (χ3v) is 10.7. The standard InChI is InChI=1S/C35H50FN3O7/c1-21(43-2)20-45-35(42)31-19-25-18-26(10-13-30(25)46-31)38-33(40)32-28(22-8-11-27(44-3)12-9-22)15-17-39(32)34(41)24-6-4-23(5-7-24)29(37)14-16-36/h10,13,18-19,21-24,27-29,32H,4-9,11-12,14-17,20,37H2,1-3H3,(H,38,40)/t21-,22?,23-,24-,27?,28-,29+,32-/m0/s1. The van der Waals surface area contributed by atoms with Crippen LogP contribution in [0.15, 0.2) is 28.7 Å². The first-order valence-electron chi connectivity index (χ1n) is 16.9.